The zero-order chi connectivity index (χ0) is 26.2. The first kappa shape index (κ1) is 25.2. The summed E-state index contributed by atoms with van der Waals surface area (Å²) in [5.74, 6) is 0.136. The Balaban J connectivity index is 1.83. The molecule has 4 rings (SSSR count). The van der Waals surface area contributed by atoms with E-state index in [1.165, 1.54) is 42.9 Å². The molecule has 0 fully saturated rings. The molecule has 4 aromatic rings. The van der Waals surface area contributed by atoms with Gasteiger partial charge in [0.25, 0.3) is 5.56 Å². The number of hydrogen-bond donors (Lipinski definition) is 0. The monoisotopic (exact) mass is 501 g/mol. The summed E-state index contributed by atoms with van der Waals surface area (Å²) >= 11 is 0. The van der Waals surface area contributed by atoms with Crippen molar-refractivity contribution < 1.29 is 17.9 Å². The van der Waals surface area contributed by atoms with Crippen LogP contribution in [0.5, 0.6) is 11.8 Å². The number of ether oxygens (including phenoxy) is 1. The van der Waals surface area contributed by atoms with Crippen LogP contribution in [0.4, 0.5) is 13.2 Å². The number of hydrogen-bond acceptors (Lipinski definition) is 5. The quantitative estimate of drug-likeness (QED) is 0.388. The molecule has 0 spiro atoms. The summed E-state index contributed by atoms with van der Waals surface area (Å²) in [7, 11) is 6.78. The molecule has 0 saturated carbocycles. The largest absolute Gasteiger partial charge is 0.425 e. The minimum Gasteiger partial charge on any atom is -0.425 e. The molecule has 0 bridgehead atoms. The van der Waals surface area contributed by atoms with Crippen molar-refractivity contribution in [2.75, 3.05) is 14.1 Å². The van der Waals surface area contributed by atoms with E-state index in [4.69, 9.17) is 4.74 Å². The van der Waals surface area contributed by atoms with E-state index in [0.29, 0.717) is 6.54 Å². The number of aromatic nitrogens is 4. The molecule has 0 aliphatic carbocycles. The van der Waals surface area contributed by atoms with Gasteiger partial charge in [-0.3, -0.25) is 18.5 Å². The summed E-state index contributed by atoms with van der Waals surface area (Å²) in [6, 6.07) is 13.4. The Kier molecular flexibility index (Phi) is 6.77. The van der Waals surface area contributed by atoms with E-state index in [1.807, 2.05) is 43.3 Å². The number of fused-ring (bicyclic) bond motifs is 1. The second-order valence-electron chi connectivity index (χ2n) is 8.96. The van der Waals surface area contributed by atoms with Crippen molar-refractivity contribution in [2.24, 2.45) is 14.1 Å². The van der Waals surface area contributed by atoms with E-state index in [0.717, 1.165) is 15.7 Å². The normalized spacial score (nSPS) is 12.0. The van der Waals surface area contributed by atoms with Gasteiger partial charge >= 0.3 is 17.9 Å². The van der Waals surface area contributed by atoms with Crippen molar-refractivity contribution in [3.63, 3.8) is 0 Å². The molecule has 0 saturated heterocycles. The van der Waals surface area contributed by atoms with Gasteiger partial charge in [-0.15, -0.1) is 0 Å². The lowest BCUT2D eigenvalue weighted by Crippen LogP contribution is -2.37. The van der Waals surface area contributed by atoms with Crippen LogP contribution in [0.15, 0.2) is 58.1 Å². The van der Waals surface area contributed by atoms with Crippen molar-refractivity contribution in [3.05, 3.63) is 86.1 Å². The molecule has 0 aliphatic heterocycles. The number of aryl methyl sites for hydroxylation is 1. The van der Waals surface area contributed by atoms with Crippen LogP contribution in [-0.4, -0.2) is 43.9 Å². The number of halogens is 3. The predicted octanol–water partition coefficient (Wildman–Crippen LogP) is 3.44. The number of imidazole rings is 1. The maximum atomic E-state index is 13.1. The van der Waals surface area contributed by atoms with Gasteiger partial charge in [-0.2, -0.15) is 18.2 Å². The average Bonchev–Trinajstić information content (AvgIpc) is 3.13. The molecule has 0 radical (unpaired) electrons. The van der Waals surface area contributed by atoms with E-state index < -0.39 is 23.8 Å². The molecular weight excluding hydrogens is 475 g/mol. The summed E-state index contributed by atoms with van der Waals surface area (Å²) in [6.07, 6.45) is -5.47. The topological polar surface area (TPSA) is 74.3 Å². The van der Waals surface area contributed by atoms with E-state index in [-0.39, 0.29) is 35.0 Å². The molecule has 0 aliphatic rings. The fourth-order valence-electron chi connectivity index (χ4n) is 4.08. The van der Waals surface area contributed by atoms with Crippen molar-refractivity contribution in [2.45, 2.75) is 25.7 Å². The van der Waals surface area contributed by atoms with Gasteiger partial charge in [0.05, 0.1) is 13.0 Å². The molecule has 2 aromatic heterocycles. The minimum absolute atomic E-state index is 0.00882. The summed E-state index contributed by atoms with van der Waals surface area (Å²) in [5.41, 5.74) is 1.12. The molecule has 11 heteroatoms. The smallest absolute Gasteiger partial charge is 0.393 e. The lowest BCUT2D eigenvalue weighted by Gasteiger charge is -2.13. The van der Waals surface area contributed by atoms with Crippen molar-refractivity contribution in [1.29, 1.82) is 0 Å². The third-order valence-electron chi connectivity index (χ3n) is 5.66. The van der Waals surface area contributed by atoms with Crippen LogP contribution in [0.1, 0.15) is 16.7 Å². The Hall–Kier alpha value is -3.86. The molecule has 190 valence electrons. The van der Waals surface area contributed by atoms with Crippen molar-refractivity contribution >= 4 is 11.2 Å². The Morgan fingerprint density at radius 2 is 1.61 bits per heavy atom. The summed E-state index contributed by atoms with van der Waals surface area (Å²) in [6.45, 7) is 0.910. The van der Waals surface area contributed by atoms with Gasteiger partial charge in [0, 0.05) is 20.6 Å². The Bertz CT molecular complexity index is 1530. The van der Waals surface area contributed by atoms with Gasteiger partial charge in [-0.25, -0.2) is 4.79 Å². The highest BCUT2D eigenvalue weighted by Crippen LogP contribution is 2.28. The molecule has 2 heterocycles. The minimum atomic E-state index is -4.37. The van der Waals surface area contributed by atoms with Crippen LogP contribution >= 0.6 is 0 Å². The van der Waals surface area contributed by atoms with Crippen LogP contribution in [0.25, 0.3) is 11.2 Å². The van der Waals surface area contributed by atoms with Crippen LogP contribution in [0.3, 0.4) is 0 Å². The molecule has 0 amide bonds. The van der Waals surface area contributed by atoms with Crippen LogP contribution in [-0.2, 0) is 33.6 Å². The molecule has 36 heavy (non-hydrogen) atoms. The van der Waals surface area contributed by atoms with Crippen LogP contribution in [0.2, 0.25) is 0 Å². The second kappa shape index (κ2) is 9.65. The molecule has 0 unspecified atom stereocenters. The van der Waals surface area contributed by atoms with Gasteiger partial charge < -0.3 is 9.64 Å². The standard InChI is InChI=1S/C25H26F3N5O3/c1-30(2)14-17-8-5-9-18(11-17)15-33-20-21(31(3)24(35)32(4)22(20)34)29-23(33)36-19-10-6-7-16(12-19)13-25(26,27)28/h5-12H,13-15H2,1-4H3. The van der Waals surface area contributed by atoms with E-state index >= 15 is 0 Å². The maximum Gasteiger partial charge on any atom is 0.393 e. The first-order valence-electron chi connectivity index (χ1n) is 11.2. The lowest BCUT2D eigenvalue weighted by molar-refractivity contribution is -0.127. The molecule has 2 aromatic carbocycles. The highest BCUT2D eigenvalue weighted by Gasteiger charge is 2.28. The first-order chi connectivity index (χ1) is 16.9. The Morgan fingerprint density at radius 3 is 2.31 bits per heavy atom. The zero-order valence-electron chi connectivity index (χ0n) is 20.3. The van der Waals surface area contributed by atoms with Crippen molar-refractivity contribution in [1.82, 2.24) is 23.6 Å². The van der Waals surface area contributed by atoms with E-state index in [1.54, 1.807) is 4.57 Å². The fraction of sp³-hybridized carbons (Fsp3) is 0.320. The highest BCUT2D eigenvalue weighted by atomic mass is 19.4. The third kappa shape index (κ3) is 5.35. The molecule has 8 nitrogen and oxygen atoms in total. The van der Waals surface area contributed by atoms with Gasteiger partial charge in [-0.1, -0.05) is 36.4 Å². The van der Waals surface area contributed by atoms with Crippen LogP contribution in [0, 0.1) is 0 Å². The van der Waals surface area contributed by atoms with E-state index in [2.05, 4.69) is 4.98 Å². The van der Waals surface area contributed by atoms with Crippen molar-refractivity contribution in [3.8, 4) is 11.8 Å². The molecule has 0 atom stereocenters. The molecular formula is C25H26F3N5O3. The van der Waals surface area contributed by atoms with Gasteiger partial charge in [-0.05, 0) is 42.9 Å². The van der Waals surface area contributed by atoms with Gasteiger partial charge in [0.1, 0.15) is 5.75 Å². The Labute approximate surface area is 204 Å². The third-order valence-corrected chi connectivity index (χ3v) is 5.66. The average molecular weight is 502 g/mol. The summed E-state index contributed by atoms with van der Waals surface area (Å²) in [4.78, 5) is 32.0. The number of benzene rings is 2. The van der Waals surface area contributed by atoms with Gasteiger partial charge in [0.15, 0.2) is 11.2 Å². The number of nitrogens with zero attached hydrogens (tertiary/aromatic N) is 5. The first-order valence-corrected chi connectivity index (χ1v) is 11.2. The molecule has 0 N–H and O–H groups in total. The van der Waals surface area contributed by atoms with E-state index in [9.17, 15) is 22.8 Å². The predicted molar refractivity (Wildman–Crippen MR) is 129 cm³/mol. The van der Waals surface area contributed by atoms with Gasteiger partial charge in [0.2, 0.25) is 0 Å². The Morgan fingerprint density at radius 1 is 0.944 bits per heavy atom. The SMILES string of the molecule is CN(C)Cc1cccc(Cn2c(Oc3cccc(CC(F)(F)F)c3)nc3c2c(=O)n(C)c(=O)n3C)c1. The maximum absolute atomic E-state index is 13.1. The second-order valence-corrected chi connectivity index (χ2v) is 8.96. The zero-order valence-corrected chi connectivity index (χ0v) is 20.3. The number of rotatable bonds is 7. The number of alkyl halides is 3. The summed E-state index contributed by atoms with van der Waals surface area (Å²) < 4.78 is 48.4. The van der Waals surface area contributed by atoms with Crippen LogP contribution < -0.4 is 16.0 Å². The lowest BCUT2D eigenvalue weighted by atomic mass is 10.1. The fourth-order valence-corrected chi connectivity index (χ4v) is 4.08. The highest BCUT2D eigenvalue weighted by molar-refractivity contribution is 5.72. The summed E-state index contributed by atoms with van der Waals surface area (Å²) in [5, 5.41) is 0.